The van der Waals surface area contributed by atoms with Crippen LogP contribution in [0, 0.1) is 0 Å². The Morgan fingerprint density at radius 1 is 1.50 bits per heavy atom. The van der Waals surface area contributed by atoms with Gasteiger partial charge in [0.1, 0.15) is 0 Å². The van der Waals surface area contributed by atoms with E-state index in [0.29, 0.717) is 13.1 Å². The fraction of sp³-hybridized carbons (Fsp3) is 0.571. The number of nitrogens with zero attached hydrogens (tertiary/aromatic N) is 1. The molecule has 3 nitrogen and oxygen atoms in total. The third-order valence-electron chi connectivity index (χ3n) is 1.74. The molecule has 1 aliphatic rings. The van der Waals surface area contributed by atoms with Gasteiger partial charge >= 0.3 is 6.09 Å². The second-order valence-corrected chi connectivity index (χ2v) is 2.52. The molecular formula is C7H11NO2. The predicted molar refractivity (Wildman–Crippen MR) is 38.0 cm³/mol. The van der Waals surface area contributed by atoms with Crippen LogP contribution in [-0.2, 0) is 0 Å². The Labute approximate surface area is 59.9 Å². The molecule has 0 unspecified atom stereocenters. The van der Waals surface area contributed by atoms with Crippen molar-refractivity contribution >= 4 is 6.09 Å². The molecule has 0 bridgehead atoms. The summed E-state index contributed by atoms with van der Waals surface area (Å²) in [5.74, 6) is 0. The average Bonchev–Trinajstić information content (AvgIpc) is 1.88. The first-order valence-electron chi connectivity index (χ1n) is 3.34. The summed E-state index contributed by atoms with van der Waals surface area (Å²) in [6.07, 6.45) is 0.839. The highest BCUT2D eigenvalue weighted by atomic mass is 16.4. The number of hydrogen-bond donors (Lipinski definition) is 1. The molecular weight excluding hydrogens is 130 g/mol. The van der Waals surface area contributed by atoms with Crippen molar-refractivity contribution in [2.24, 2.45) is 0 Å². The Morgan fingerprint density at radius 3 is 2.40 bits per heavy atom. The summed E-state index contributed by atoms with van der Waals surface area (Å²) in [5, 5.41) is 8.52. The van der Waals surface area contributed by atoms with Gasteiger partial charge in [-0.2, -0.15) is 0 Å². The van der Waals surface area contributed by atoms with Gasteiger partial charge in [0.2, 0.25) is 0 Å². The van der Waals surface area contributed by atoms with Crippen LogP contribution >= 0.6 is 0 Å². The van der Waals surface area contributed by atoms with Gasteiger partial charge in [-0.25, -0.2) is 4.79 Å². The van der Waals surface area contributed by atoms with Crippen molar-refractivity contribution in [3.63, 3.8) is 0 Å². The van der Waals surface area contributed by atoms with Gasteiger partial charge in [0.25, 0.3) is 0 Å². The first kappa shape index (κ1) is 7.12. The highest BCUT2D eigenvalue weighted by molar-refractivity contribution is 5.65. The first-order chi connectivity index (χ1) is 4.70. The maximum Gasteiger partial charge on any atom is 0.407 e. The van der Waals surface area contributed by atoms with Crippen molar-refractivity contribution in [2.45, 2.75) is 12.8 Å². The van der Waals surface area contributed by atoms with E-state index >= 15 is 0 Å². The SMILES string of the molecule is C=C1CCN(C(=O)O)CC1. The molecule has 0 atom stereocenters. The van der Waals surface area contributed by atoms with Crippen LogP contribution in [0.1, 0.15) is 12.8 Å². The number of hydrogen-bond acceptors (Lipinski definition) is 1. The van der Waals surface area contributed by atoms with Gasteiger partial charge < -0.3 is 10.0 Å². The molecule has 3 heteroatoms. The molecule has 56 valence electrons. The van der Waals surface area contributed by atoms with E-state index in [0.717, 1.165) is 18.4 Å². The van der Waals surface area contributed by atoms with Crippen molar-refractivity contribution in [3.8, 4) is 0 Å². The first-order valence-corrected chi connectivity index (χ1v) is 3.34. The highest BCUT2D eigenvalue weighted by Gasteiger charge is 2.15. The topological polar surface area (TPSA) is 40.5 Å². The number of rotatable bonds is 0. The molecule has 1 saturated heterocycles. The maximum atomic E-state index is 10.4. The molecule has 0 aromatic heterocycles. The van der Waals surface area contributed by atoms with E-state index in [4.69, 9.17) is 5.11 Å². The standard InChI is InChI=1S/C7H11NO2/c1-6-2-4-8(5-3-6)7(9)10/h1-5H2,(H,9,10). The van der Waals surface area contributed by atoms with Gasteiger partial charge in [-0.1, -0.05) is 12.2 Å². The zero-order chi connectivity index (χ0) is 7.56. The van der Waals surface area contributed by atoms with Gasteiger partial charge in [0, 0.05) is 13.1 Å². The molecule has 0 aromatic carbocycles. The summed E-state index contributed by atoms with van der Waals surface area (Å²) in [6.45, 7) is 5.03. The van der Waals surface area contributed by atoms with Crippen LogP contribution in [0.5, 0.6) is 0 Å². The lowest BCUT2D eigenvalue weighted by molar-refractivity contribution is 0.142. The number of likely N-dealkylation sites (tertiary alicyclic amines) is 1. The summed E-state index contributed by atoms with van der Waals surface area (Å²) in [6, 6.07) is 0. The van der Waals surface area contributed by atoms with Crippen LogP contribution in [0.2, 0.25) is 0 Å². The lowest BCUT2D eigenvalue weighted by atomic mass is 10.1. The third-order valence-corrected chi connectivity index (χ3v) is 1.74. The Balaban J connectivity index is 2.40. The zero-order valence-corrected chi connectivity index (χ0v) is 5.84. The van der Waals surface area contributed by atoms with Crippen LogP contribution < -0.4 is 0 Å². The molecule has 10 heavy (non-hydrogen) atoms. The summed E-state index contributed by atoms with van der Waals surface area (Å²) < 4.78 is 0. The minimum Gasteiger partial charge on any atom is -0.465 e. The largest absolute Gasteiger partial charge is 0.465 e. The van der Waals surface area contributed by atoms with E-state index in [1.165, 1.54) is 4.90 Å². The normalized spacial score (nSPS) is 19.2. The Morgan fingerprint density at radius 2 is 2.00 bits per heavy atom. The maximum absolute atomic E-state index is 10.4. The summed E-state index contributed by atoms with van der Waals surface area (Å²) in [5.41, 5.74) is 1.16. The Hall–Kier alpha value is -0.990. The Kier molecular flexibility index (Phi) is 1.94. The molecule has 1 fully saturated rings. The van der Waals surface area contributed by atoms with Gasteiger partial charge in [-0.05, 0) is 12.8 Å². The lowest BCUT2D eigenvalue weighted by Crippen LogP contribution is -2.34. The van der Waals surface area contributed by atoms with Crippen molar-refractivity contribution in [2.75, 3.05) is 13.1 Å². The Bertz CT molecular complexity index is 155. The van der Waals surface area contributed by atoms with Crippen LogP contribution in [0.3, 0.4) is 0 Å². The number of amides is 1. The molecule has 0 radical (unpaired) electrons. The highest BCUT2D eigenvalue weighted by Crippen LogP contribution is 2.13. The average molecular weight is 141 g/mol. The van der Waals surface area contributed by atoms with Gasteiger partial charge in [0.15, 0.2) is 0 Å². The van der Waals surface area contributed by atoms with Crippen molar-refractivity contribution in [1.82, 2.24) is 4.90 Å². The molecule has 1 rings (SSSR count). The summed E-state index contributed by atoms with van der Waals surface area (Å²) in [4.78, 5) is 11.8. The van der Waals surface area contributed by atoms with Crippen molar-refractivity contribution < 1.29 is 9.90 Å². The molecule has 0 aliphatic carbocycles. The summed E-state index contributed by atoms with van der Waals surface area (Å²) >= 11 is 0. The van der Waals surface area contributed by atoms with E-state index in [2.05, 4.69) is 6.58 Å². The van der Waals surface area contributed by atoms with E-state index in [1.807, 2.05) is 0 Å². The second kappa shape index (κ2) is 2.73. The van der Waals surface area contributed by atoms with Crippen LogP contribution in [0.15, 0.2) is 12.2 Å². The van der Waals surface area contributed by atoms with Gasteiger partial charge in [-0.15, -0.1) is 0 Å². The molecule has 1 heterocycles. The second-order valence-electron chi connectivity index (χ2n) is 2.52. The van der Waals surface area contributed by atoms with E-state index in [1.54, 1.807) is 0 Å². The van der Waals surface area contributed by atoms with Crippen LogP contribution in [0.25, 0.3) is 0 Å². The van der Waals surface area contributed by atoms with Crippen LogP contribution in [-0.4, -0.2) is 29.2 Å². The number of carbonyl (C=O) groups is 1. The molecule has 0 aromatic rings. The smallest absolute Gasteiger partial charge is 0.407 e. The molecule has 0 saturated carbocycles. The molecule has 1 aliphatic heterocycles. The van der Waals surface area contributed by atoms with Crippen molar-refractivity contribution in [3.05, 3.63) is 12.2 Å². The van der Waals surface area contributed by atoms with Crippen LogP contribution in [0.4, 0.5) is 4.79 Å². The number of carboxylic acid groups (broad SMARTS) is 1. The fourth-order valence-electron chi connectivity index (χ4n) is 1.01. The zero-order valence-electron chi connectivity index (χ0n) is 5.84. The quantitative estimate of drug-likeness (QED) is 0.517. The van der Waals surface area contributed by atoms with Gasteiger partial charge in [-0.3, -0.25) is 0 Å². The molecule has 1 amide bonds. The van der Waals surface area contributed by atoms with Crippen molar-refractivity contribution in [1.29, 1.82) is 0 Å². The van der Waals surface area contributed by atoms with E-state index < -0.39 is 6.09 Å². The van der Waals surface area contributed by atoms with Gasteiger partial charge in [0.05, 0.1) is 0 Å². The molecule has 1 N–H and O–H groups in total. The third kappa shape index (κ3) is 1.50. The lowest BCUT2D eigenvalue weighted by Gasteiger charge is -2.24. The predicted octanol–water partition coefficient (Wildman–Crippen LogP) is 1.32. The minimum atomic E-state index is -0.812. The minimum absolute atomic E-state index is 0.619. The monoisotopic (exact) mass is 141 g/mol. The number of piperidine rings is 1. The fourth-order valence-corrected chi connectivity index (χ4v) is 1.01. The molecule has 0 spiro atoms. The van der Waals surface area contributed by atoms with E-state index in [-0.39, 0.29) is 0 Å². The summed E-state index contributed by atoms with van der Waals surface area (Å²) in [7, 11) is 0. The van der Waals surface area contributed by atoms with E-state index in [9.17, 15) is 4.79 Å².